The van der Waals surface area contributed by atoms with Gasteiger partial charge in [-0.25, -0.2) is 0 Å². The first-order valence-corrected chi connectivity index (χ1v) is 25.1. The van der Waals surface area contributed by atoms with Crippen molar-refractivity contribution in [3.05, 3.63) is 279 Å². The Morgan fingerprint density at radius 1 is 0.313 bits per heavy atom. The molecule has 12 rings (SSSR count). The van der Waals surface area contributed by atoms with Crippen molar-refractivity contribution in [2.45, 2.75) is 0 Å². The lowest BCUT2D eigenvalue weighted by Crippen LogP contribution is -2.74. The zero-order chi connectivity index (χ0) is 44.6. The van der Waals surface area contributed by atoms with Crippen LogP contribution >= 0.6 is 0 Å². The molecule has 67 heavy (non-hydrogen) atoms. The molecule has 0 unspecified atom stereocenters. The molecule has 0 amide bonds. The molecule has 3 heteroatoms. The molecule has 0 aliphatic rings. The predicted octanol–water partition coefficient (Wildman–Crippen LogP) is 14.1. The molecule has 0 atom stereocenters. The predicted molar refractivity (Wildman–Crippen MR) is 287 cm³/mol. The first kappa shape index (κ1) is 40.0. The first-order valence-electron chi connectivity index (χ1n) is 23.1. The Hall–Kier alpha value is -8.50. The summed E-state index contributed by atoms with van der Waals surface area (Å²) >= 11 is 0. The molecule has 11 aromatic carbocycles. The highest BCUT2D eigenvalue weighted by Gasteiger charge is 2.41. The largest absolute Gasteiger partial charge is 0.310 e. The van der Waals surface area contributed by atoms with Gasteiger partial charge in [0.2, 0.25) is 0 Å². The number of nitrogens with zero attached hydrogens (tertiary/aromatic N) is 2. The van der Waals surface area contributed by atoms with Crippen LogP contribution in [-0.4, -0.2) is 12.6 Å². The maximum Gasteiger partial charge on any atom is 0.179 e. The minimum Gasteiger partial charge on any atom is -0.310 e. The number of benzene rings is 11. The van der Waals surface area contributed by atoms with E-state index in [1.54, 1.807) is 0 Å². The number of rotatable bonds is 10. The topological polar surface area (TPSA) is 8.17 Å². The smallest absolute Gasteiger partial charge is 0.179 e. The summed E-state index contributed by atoms with van der Waals surface area (Å²) in [4.78, 5) is 2.49. The molecule has 0 spiro atoms. The molecule has 0 bridgehead atoms. The van der Waals surface area contributed by atoms with Crippen LogP contribution < -0.4 is 25.6 Å². The lowest BCUT2D eigenvalue weighted by molar-refractivity contribution is 1.18. The van der Waals surface area contributed by atoms with E-state index in [0.717, 1.165) is 28.3 Å². The van der Waals surface area contributed by atoms with Gasteiger partial charge in [-0.2, -0.15) is 0 Å². The summed E-state index contributed by atoms with van der Waals surface area (Å²) in [5.74, 6) is 0. The van der Waals surface area contributed by atoms with Gasteiger partial charge in [0.25, 0.3) is 0 Å². The Balaban J connectivity index is 1.06. The van der Waals surface area contributed by atoms with Crippen molar-refractivity contribution in [1.82, 2.24) is 4.57 Å². The molecule has 0 N–H and O–H groups in total. The molecule has 0 aliphatic heterocycles. The van der Waals surface area contributed by atoms with E-state index >= 15 is 0 Å². The highest BCUT2D eigenvalue weighted by Crippen LogP contribution is 2.44. The average molecular weight is 871 g/mol. The van der Waals surface area contributed by atoms with Crippen molar-refractivity contribution < 1.29 is 0 Å². The number of anilines is 3. The molecule has 316 valence electrons. The average Bonchev–Trinajstić information content (AvgIpc) is 3.75. The van der Waals surface area contributed by atoms with Gasteiger partial charge in [-0.05, 0) is 108 Å². The molecule has 1 heterocycles. The van der Waals surface area contributed by atoms with Crippen molar-refractivity contribution in [3.63, 3.8) is 0 Å². The lowest BCUT2D eigenvalue weighted by atomic mass is 9.96. The van der Waals surface area contributed by atoms with Crippen LogP contribution in [-0.2, 0) is 0 Å². The van der Waals surface area contributed by atoms with Crippen molar-refractivity contribution in [2.24, 2.45) is 0 Å². The van der Waals surface area contributed by atoms with Crippen molar-refractivity contribution >= 4 is 78.5 Å². The number of hydrogen-bond acceptors (Lipinski definition) is 1. The lowest BCUT2D eigenvalue weighted by Gasteiger charge is -2.35. The van der Waals surface area contributed by atoms with Crippen LogP contribution in [0.4, 0.5) is 17.1 Å². The number of aromatic nitrogens is 1. The SMILES string of the molecule is c1ccc(-n2c3ccccc3c3c(N(c4ccc(-c5ccc(-c6cccc7ccccc67)cc5)cc4)c4cccc([Si](c5ccccc5)(c5ccccc5)c5ccccc5)c4)cccc32)cc1. The minimum atomic E-state index is -2.84. The summed E-state index contributed by atoms with van der Waals surface area (Å²) in [7, 11) is -2.84. The Morgan fingerprint density at radius 2 is 0.791 bits per heavy atom. The summed E-state index contributed by atoms with van der Waals surface area (Å²) in [6, 6.07) is 103. The molecular weight excluding hydrogens is 825 g/mol. The molecule has 0 radical (unpaired) electrons. The van der Waals surface area contributed by atoms with E-state index in [0.29, 0.717) is 0 Å². The van der Waals surface area contributed by atoms with Crippen LogP contribution in [0.25, 0.3) is 60.5 Å². The molecule has 0 saturated carbocycles. The third-order valence-corrected chi connectivity index (χ3v) is 18.3. The van der Waals surface area contributed by atoms with Crippen LogP contribution in [0.15, 0.2) is 279 Å². The third kappa shape index (κ3) is 6.96. The minimum absolute atomic E-state index is 1.09. The third-order valence-electron chi connectivity index (χ3n) is 13.5. The van der Waals surface area contributed by atoms with Gasteiger partial charge < -0.3 is 9.47 Å². The molecule has 0 fully saturated rings. The second-order valence-electron chi connectivity index (χ2n) is 17.2. The molecule has 2 nitrogen and oxygen atoms in total. The Labute approximate surface area is 392 Å². The Bertz CT molecular complexity index is 3560. The van der Waals surface area contributed by atoms with E-state index in [-0.39, 0.29) is 0 Å². The fourth-order valence-electron chi connectivity index (χ4n) is 10.5. The summed E-state index contributed by atoms with van der Waals surface area (Å²) in [6.07, 6.45) is 0. The van der Waals surface area contributed by atoms with Crippen LogP contribution in [0.1, 0.15) is 0 Å². The van der Waals surface area contributed by atoms with Gasteiger partial charge in [0.15, 0.2) is 8.07 Å². The second kappa shape index (κ2) is 17.1. The molecule has 1 aromatic heterocycles. The highest BCUT2D eigenvalue weighted by atomic mass is 28.3. The van der Waals surface area contributed by atoms with E-state index in [4.69, 9.17) is 0 Å². The molecule has 0 saturated heterocycles. The van der Waals surface area contributed by atoms with Crippen LogP contribution in [0.3, 0.4) is 0 Å². The summed E-state index contributed by atoms with van der Waals surface area (Å²) in [5.41, 5.74) is 11.6. The maximum atomic E-state index is 2.49. The monoisotopic (exact) mass is 870 g/mol. The van der Waals surface area contributed by atoms with E-state index < -0.39 is 8.07 Å². The van der Waals surface area contributed by atoms with Crippen molar-refractivity contribution in [1.29, 1.82) is 0 Å². The maximum absolute atomic E-state index is 2.84. The molecule has 12 aromatic rings. The van der Waals surface area contributed by atoms with E-state index in [2.05, 4.69) is 289 Å². The summed E-state index contributed by atoms with van der Waals surface area (Å²) in [5, 5.41) is 10.3. The van der Waals surface area contributed by atoms with Crippen LogP contribution in [0.2, 0.25) is 0 Å². The van der Waals surface area contributed by atoms with Gasteiger partial charge >= 0.3 is 0 Å². The fraction of sp³-hybridized carbons (Fsp3) is 0. The standard InChI is InChI=1S/C64H46N2Si/c1-5-22-51(23-6-1)66-61-35-16-15-33-60(61)64-62(36-19-37-63(64)66)65(52-44-42-48(43-45-52)47-38-40-50(41-39-47)59-34-17-21-49-20-13-14-32-58(49)59)53-24-18-31-57(46-53)67(54-25-7-2-8-26-54,55-27-9-3-10-28-55)56-29-11-4-12-30-56/h1-46H. The van der Waals surface area contributed by atoms with Gasteiger partial charge in [0, 0.05) is 27.8 Å². The van der Waals surface area contributed by atoms with Crippen LogP contribution in [0.5, 0.6) is 0 Å². The van der Waals surface area contributed by atoms with Crippen molar-refractivity contribution in [3.8, 4) is 27.9 Å². The van der Waals surface area contributed by atoms with Gasteiger partial charge in [-0.15, -0.1) is 0 Å². The second-order valence-corrected chi connectivity index (χ2v) is 21.1. The first-order chi connectivity index (χ1) is 33.3. The summed E-state index contributed by atoms with van der Waals surface area (Å²) in [6.45, 7) is 0. The van der Waals surface area contributed by atoms with Crippen molar-refractivity contribution in [2.75, 3.05) is 4.90 Å². The van der Waals surface area contributed by atoms with E-state index in [9.17, 15) is 0 Å². The fourth-order valence-corrected chi connectivity index (χ4v) is 15.3. The van der Waals surface area contributed by atoms with Gasteiger partial charge in [-0.3, -0.25) is 0 Å². The van der Waals surface area contributed by atoms with Gasteiger partial charge in [-0.1, -0.05) is 224 Å². The number of fused-ring (bicyclic) bond motifs is 4. The zero-order valence-electron chi connectivity index (χ0n) is 37.0. The molecular formula is C64H46N2Si. The Kier molecular flexibility index (Phi) is 10.2. The van der Waals surface area contributed by atoms with Gasteiger partial charge in [0.1, 0.15) is 0 Å². The Morgan fingerprint density at radius 3 is 1.45 bits per heavy atom. The van der Waals surface area contributed by atoms with Gasteiger partial charge in [0.05, 0.1) is 16.7 Å². The zero-order valence-corrected chi connectivity index (χ0v) is 38.0. The highest BCUT2D eigenvalue weighted by molar-refractivity contribution is 7.19. The number of hydrogen-bond donors (Lipinski definition) is 0. The van der Waals surface area contributed by atoms with E-state index in [1.807, 2.05) is 0 Å². The quantitative estimate of drug-likeness (QED) is 0.0982. The summed E-state index contributed by atoms with van der Waals surface area (Å²) < 4.78 is 2.41. The normalized spacial score (nSPS) is 11.6. The number of para-hydroxylation sites is 2. The van der Waals surface area contributed by atoms with E-state index in [1.165, 1.54) is 70.1 Å². The van der Waals surface area contributed by atoms with Crippen LogP contribution in [0, 0.1) is 0 Å². The molecule has 0 aliphatic carbocycles.